The van der Waals surface area contributed by atoms with Crippen LogP contribution in [0.25, 0.3) is 0 Å². The molecule has 0 saturated carbocycles. The van der Waals surface area contributed by atoms with Gasteiger partial charge in [0.2, 0.25) is 11.8 Å². The third kappa shape index (κ3) is 2.85. The van der Waals surface area contributed by atoms with Gasteiger partial charge in [-0.2, -0.15) is 0 Å². The van der Waals surface area contributed by atoms with E-state index in [0.717, 1.165) is 0 Å². The summed E-state index contributed by atoms with van der Waals surface area (Å²) in [6.45, 7) is 15.4. The van der Waals surface area contributed by atoms with Gasteiger partial charge in [-0.25, -0.2) is 0 Å². The van der Waals surface area contributed by atoms with Gasteiger partial charge in [-0.3, -0.25) is 9.59 Å². The lowest BCUT2D eigenvalue weighted by Gasteiger charge is -2.49. The molecule has 1 heterocycles. The normalized spacial score (nSPS) is 19.7. The van der Waals surface area contributed by atoms with Gasteiger partial charge in [-0.05, 0) is 6.42 Å². The summed E-state index contributed by atoms with van der Waals surface area (Å²) < 4.78 is 3.97. The van der Waals surface area contributed by atoms with Gasteiger partial charge in [0.05, 0.1) is 6.67 Å². The molecule has 0 atom stereocenters. The fourth-order valence-corrected chi connectivity index (χ4v) is 5.10. The minimum atomic E-state index is -1.72. The van der Waals surface area contributed by atoms with Crippen molar-refractivity contribution < 1.29 is 9.59 Å². The van der Waals surface area contributed by atoms with Gasteiger partial charge < -0.3 is 9.13 Å². The standard InChI is InChI=1S/C12H26N2O2Si2/c1-8-10-11(15)13(17(2,3)4)9-14(12(10)16)18(5,6)7/h10H,8-9H2,1-7H3. The number of rotatable bonds is 3. The number of hydrogen-bond donors (Lipinski definition) is 0. The van der Waals surface area contributed by atoms with Crippen molar-refractivity contribution in [2.45, 2.75) is 52.6 Å². The zero-order chi connectivity index (χ0) is 14.3. The third-order valence-corrected chi connectivity index (χ3v) is 7.40. The number of carbonyl (C=O) groups excluding carboxylic acids is 2. The summed E-state index contributed by atoms with van der Waals surface area (Å²) in [6.07, 6.45) is 0.611. The molecule has 1 aliphatic rings. The summed E-state index contributed by atoms with van der Waals surface area (Å²) in [5.41, 5.74) is 0. The van der Waals surface area contributed by atoms with Crippen LogP contribution in [0.5, 0.6) is 0 Å². The van der Waals surface area contributed by atoms with E-state index >= 15 is 0 Å². The molecule has 4 nitrogen and oxygen atoms in total. The number of hydrogen-bond acceptors (Lipinski definition) is 2. The zero-order valence-corrected chi connectivity index (χ0v) is 14.7. The quantitative estimate of drug-likeness (QED) is 0.590. The Labute approximate surface area is 113 Å². The SMILES string of the molecule is CCC1C(=O)N([Si](C)(C)C)CN([Si](C)(C)C)C1=O. The maximum atomic E-state index is 12.4. The molecule has 0 aromatic rings. The highest BCUT2D eigenvalue weighted by molar-refractivity contribution is 6.77. The second kappa shape index (κ2) is 4.81. The van der Waals surface area contributed by atoms with Crippen molar-refractivity contribution in [3.63, 3.8) is 0 Å². The zero-order valence-electron chi connectivity index (χ0n) is 12.7. The second-order valence-corrected chi connectivity index (χ2v) is 16.7. The lowest BCUT2D eigenvalue weighted by molar-refractivity contribution is -0.150. The minimum Gasteiger partial charge on any atom is -0.353 e. The summed E-state index contributed by atoms with van der Waals surface area (Å²) in [5, 5.41) is 0. The number of nitrogens with zero attached hydrogens (tertiary/aromatic N) is 2. The van der Waals surface area contributed by atoms with Crippen LogP contribution in [0.2, 0.25) is 39.3 Å². The molecule has 1 aliphatic heterocycles. The van der Waals surface area contributed by atoms with Crippen LogP contribution < -0.4 is 0 Å². The Bertz CT molecular complexity index is 326. The van der Waals surface area contributed by atoms with Crippen molar-refractivity contribution in [2.24, 2.45) is 5.92 Å². The minimum absolute atomic E-state index is 0.0520. The molecule has 0 aromatic heterocycles. The van der Waals surface area contributed by atoms with Gasteiger partial charge in [0, 0.05) is 0 Å². The molecule has 18 heavy (non-hydrogen) atoms. The fourth-order valence-electron chi connectivity index (χ4n) is 2.20. The molecular formula is C12H26N2O2Si2. The molecule has 0 aromatic carbocycles. The highest BCUT2D eigenvalue weighted by atomic mass is 28.3. The first-order valence-corrected chi connectivity index (χ1v) is 13.5. The van der Waals surface area contributed by atoms with Crippen LogP contribution >= 0.6 is 0 Å². The highest BCUT2D eigenvalue weighted by Crippen LogP contribution is 2.27. The molecule has 1 saturated heterocycles. The maximum Gasteiger partial charge on any atom is 0.228 e. The van der Waals surface area contributed by atoms with Crippen molar-refractivity contribution in [2.75, 3.05) is 6.67 Å². The molecule has 0 radical (unpaired) electrons. The second-order valence-electron chi connectivity index (χ2n) is 6.98. The molecule has 6 heteroatoms. The van der Waals surface area contributed by atoms with Gasteiger partial charge >= 0.3 is 0 Å². The van der Waals surface area contributed by atoms with Crippen molar-refractivity contribution in [3.05, 3.63) is 0 Å². The Morgan fingerprint density at radius 2 is 1.28 bits per heavy atom. The third-order valence-electron chi connectivity index (χ3n) is 3.44. The van der Waals surface area contributed by atoms with Crippen molar-refractivity contribution in [1.29, 1.82) is 0 Å². The van der Waals surface area contributed by atoms with E-state index in [2.05, 4.69) is 39.3 Å². The molecule has 0 N–H and O–H groups in total. The summed E-state index contributed by atoms with van der Waals surface area (Å²) in [5.74, 6) is -0.343. The van der Waals surface area contributed by atoms with E-state index in [1.54, 1.807) is 0 Å². The largest absolute Gasteiger partial charge is 0.353 e. The Kier molecular flexibility index (Phi) is 4.12. The summed E-state index contributed by atoms with van der Waals surface area (Å²) >= 11 is 0. The summed E-state index contributed by atoms with van der Waals surface area (Å²) in [7, 11) is -3.43. The van der Waals surface area contributed by atoms with E-state index in [9.17, 15) is 9.59 Å². The van der Waals surface area contributed by atoms with Crippen LogP contribution in [0.15, 0.2) is 0 Å². The van der Waals surface area contributed by atoms with Crippen LogP contribution in [-0.4, -0.2) is 44.1 Å². The van der Waals surface area contributed by atoms with Gasteiger partial charge in [0.25, 0.3) is 0 Å². The predicted molar refractivity (Wildman–Crippen MR) is 79.0 cm³/mol. The monoisotopic (exact) mass is 286 g/mol. The van der Waals surface area contributed by atoms with Crippen LogP contribution in [0.3, 0.4) is 0 Å². The topological polar surface area (TPSA) is 40.6 Å². The molecule has 0 unspecified atom stereocenters. The smallest absolute Gasteiger partial charge is 0.228 e. The van der Waals surface area contributed by atoms with Crippen LogP contribution in [0, 0.1) is 5.92 Å². The Hall–Kier alpha value is -0.626. The maximum absolute atomic E-state index is 12.4. The van der Waals surface area contributed by atoms with E-state index < -0.39 is 22.4 Å². The van der Waals surface area contributed by atoms with Crippen LogP contribution in [0.4, 0.5) is 0 Å². The van der Waals surface area contributed by atoms with E-state index in [0.29, 0.717) is 13.1 Å². The molecule has 1 fully saturated rings. The van der Waals surface area contributed by atoms with Crippen LogP contribution in [0.1, 0.15) is 13.3 Å². The summed E-state index contributed by atoms with van der Waals surface area (Å²) in [4.78, 5) is 24.8. The first-order chi connectivity index (χ1) is 8.00. The average molecular weight is 287 g/mol. The van der Waals surface area contributed by atoms with E-state index in [1.807, 2.05) is 16.1 Å². The van der Waals surface area contributed by atoms with Gasteiger partial charge in [0.1, 0.15) is 5.92 Å². The number of amides is 2. The number of carbonyl (C=O) groups is 2. The predicted octanol–water partition coefficient (Wildman–Crippen LogP) is 2.31. The van der Waals surface area contributed by atoms with E-state index in [-0.39, 0.29) is 11.8 Å². The average Bonchev–Trinajstić information content (AvgIpc) is 2.14. The highest BCUT2D eigenvalue weighted by Gasteiger charge is 2.46. The molecular weight excluding hydrogens is 260 g/mol. The molecule has 0 spiro atoms. The Morgan fingerprint density at radius 3 is 1.50 bits per heavy atom. The first kappa shape index (κ1) is 15.4. The molecule has 0 aliphatic carbocycles. The van der Waals surface area contributed by atoms with Crippen molar-refractivity contribution in [1.82, 2.24) is 9.13 Å². The van der Waals surface area contributed by atoms with Crippen molar-refractivity contribution in [3.8, 4) is 0 Å². The fraction of sp³-hybridized carbons (Fsp3) is 0.833. The van der Waals surface area contributed by atoms with Gasteiger partial charge in [-0.1, -0.05) is 46.2 Å². The Balaban J connectivity index is 3.13. The van der Waals surface area contributed by atoms with Gasteiger partial charge in [-0.15, -0.1) is 0 Å². The van der Waals surface area contributed by atoms with Crippen LogP contribution in [-0.2, 0) is 9.59 Å². The molecule has 104 valence electrons. The van der Waals surface area contributed by atoms with E-state index in [1.165, 1.54) is 0 Å². The van der Waals surface area contributed by atoms with Gasteiger partial charge in [0.15, 0.2) is 16.5 Å². The Morgan fingerprint density at radius 1 is 0.944 bits per heavy atom. The van der Waals surface area contributed by atoms with E-state index in [4.69, 9.17) is 0 Å². The molecule has 2 amide bonds. The first-order valence-electron chi connectivity index (χ1n) is 6.63. The van der Waals surface area contributed by atoms with Crippen molar-refractivity contribution >= 4 is 28.3 Å². The molecule has 0 bridgehead atoms. The molecule has 1 rings (SSSR count). The lowest BCUT2D eigenvalue weighted by Crippen LogP contribution is -2.68. The lowest BCUT2D eigenvalue weighted by atomic mass is 10.0. The summed E-state index contributed by atoms with van der Waals surface area (Å²) in [6, 6.07) is 0.